The van der Waals surface area contributed by atoms with E-state index in [9.17, 15) is 4.57 Å². The van der Waals surface area contributed by atoms with E-state index < -0.39 is 22.2 Å². The van der Waals surface area contributed by atoms with E-state index in [1.54, 1.807) is 0 Å². The van der Waals surface area contributed by atoms with Crippen LogP contribution in [0.25, 0.3) is 0 Å². The van der Waals surface area contributed by atoms with Crippen molar-refractivity contribution in [2.24, 2.45) is 0 Å². The average Bonchev–Trinajstić information content (AvgIpc) is 2.09. The maximum Gasteiger partial charge on any atom is 0.695 e. The third kappa shape index (κ3) is 3.21. The Bertz CT molecular complexity index is 189. The summed E-state index contributed by atoms with van der Waals surface area (Å²) in [5, 5.41) is 0. The summed E-state index contributed by atoms with van der Waals surface area (Å²) < 4.78 is 26.0. The van der Waals surface area contributed by atoms with Crippen molar-refractivity contribution >= 4 is 16.6 Å². The predicted molar refractivity (Wildman–Crippen MR) is 48.7 cm³/mol. The molecule has 0 spiro atoms. The zero-order chi connectivity index (χ0) is 9.90. The van der Waals surface area contributed by atoms with E-state index in [4.69, 9.17) is 18.5 Å². The Morgan fingerprint density at radius 3 is 2.54 bits per heavy atom. The van der Waals surface area contributed by atoms with Gasteiger partial charge in [0.25, 0.3) is 0 Å². The van der Waals surface area contributed by atoms with E-state index in [2.05, 4.69) is 0 Å². The molecule has 1 aliphatic rings. The molecule has 0 aliphatic carbocycles. The summed E-state index contributed by atoms with van der Waals surface area (Å²) in [6.45, 7) is 4.36. The number of hydrogen-bond donors (Lipinski definition) is 1. The molecule has 76 valence electrons. The Morgan fingerprint density at radius 2 is 2.15 bits per heavy atom. The standard InChI is InChI=1S/C6H12O5P2/c1-3-6(11-13(7)8)4-9-12(2)10-5-6/h3-5H2,1-2H3/p+1. The number of hydrogen-bond acceptors (Lipinski definition) is 4. The van der Waals surface area contributed by atoms with Crippen LogP contribution in [0.3, 0.4) is 0 Å². The van der Waals surface area contributed by atoms with E-state index >= 15 is 0 Å². The van der Waals surface area contributed by atoms with Crippen molar-refractivity contribution in [1.29, 1.82) is 0 Å². The first kappa shape index (κ1) is 11.4. The van der Waals surface area contributed by atoms with Gasteiger partial charge in [0.05, 0.1) is 13.2 Å². The van der Waals surface area contributed by atoms with Gasteiger partial charge in [0.15, 0.2) is 14.0 Å². The van der Waals surface area contributed by atoms with Crippen molar-refractivity contribution in [2.75, 3.05) is 19.9 Å². The van der Waals surface area contributed by atoms with Gasteiger partial charge < -0.3 is 9.05 Å². The molecule has 0 amide bonds. The van der Waals surface area contributed by atoms with E-state index in [1.807, 2.05) is 13.6 Å². The van der Waals surface area contributed by atoms with Gasteiger partial charge in [0.1, 0.15) is 0 Å². The Labute approximate surface area is 79.2 Å². The summed E-state index contributed by atoms with van der Waals surface area (Å²) in [5.41, 5.74) is -0.739. The van der Waals surface area contributed by atoms with Crippen LogP contribution in [0, 0.1) is 0 Å². The van der Waals surface area contributed by atoms with Gasteiger partial charge in [-0.3, -0.25) is 0 Å². The van der Waals surface area contributed by atoms with Crippen LogP contribution >= 0.6 is 16.6 Å². The molecule has 1 saturated heterocycles. The highest BCUT2D eigenvalue weighted by molar-refractivity contribution is 7.46. The Balaban J connectivity index is 2.55. The largest absolute Gasteiger partial charge is 0.695 e. The van der Waals surface area contributed by atoms with Gasteiger partial charge in [-0.2, -0.15) is 0 Å². The second kappa shape index (κ2) is 4.74. The first-order valence-electron chi connectivity index (χ1n) is 3.93. The Morgan fingerprint density at radius 1 is 1.62 bits per heavy atom. The number of rotatable bonds is 3. The maximum absolute atomic E-state index is 10.5. The van der Waals surface area contributed by atoms with E-state index in [0.717, 1.165) is 0 Å². The molecule has 13 heavy (non-hydrogen) atoms. The Kier molecular flexibility index (Phi) is 4.17. The fraction of sp³-hybridized carbons (Fsp3) is 1.00. The topological polar surface area (TPSA) is 65.0 Å². The van der Waals surface area contributed by atoms with Gasteiger partial charge >= 0.3 is 8.25 Å². The van der Waals surface area contributed by atoms with Gasteiger partial charge in [-0.25, -0.2) is 0 Å². The average molecular weight is 227 g/mol. The lowest BCUT2D eigenvalue weighted by molar-refractivity contribution is -0.0475. The minimum absolute atomic E-state index is 0.327. The van der Waals surface area contributed by atoms with Gasteiger partial charge in [-0.05, 0) is 6.42 Å². The summed E-state index contributed by atoms with van der Waals surface area (Å²) in [7, 11) is -3.43. The predicted octanol–water partition coefficient (Wildman–Crippen LogP) is 1.79. The second-order valence-electron chi connectivity index (χ2n) is 2.85. The third-order valence-corrected chi connectivity index (χ3v) is 3.46. The van der Waals surface area contributed by atoms with Crippen LogP contribution in [0.4, 0.5) is 0 Å². The highest BCUT2D eigenvalue weighted by atomic mass is 31.2. The highest BCUT2D eigenvalue weighted by Gasteiger charge is 2.43. The molecule has 1 heterocycles. The molecular weight excluding hydrogens is 214 g/mol. The zero-order valence-electron chi connectivity index (χ0n) is 7.60. The lowest BCUT2D eigenvalue weighted by Gasteiger charge is -2.32. The molecular formula is C6H13O5P2+. The molecule has 0 aromatic rings. The summed E-state index contributed by atoms with van der Waals surface area (Å²) in [6.07, 6.45) is 0.595. The summed E-state index contributed by atoms with van der Waals surface area (Å²) >= 11 is 0. The van der Waals surface area contributed by atoms with Crippen molar-refractivity contribution in [3.8, 4) is 0 Å². The fourth-order valence-corrected chi connectivity index (χ4v) is 2.46. The molecule has 7 heteroatoms. The molecule has 0 aromatic carbocycles. The van der Waals surface area contributed by atoms with Crippen molar-refractivity contribution in [2.45, 2.75) is 18.9 Å². The van der Waals surface area contributed by atoms with Crippen molar-refractivity contribution in [1.82, 2.24) is 0 Å². The maximum atomic E-state index is 10.5. The first-order valence-corrected chi connectivity index (χ1v) is 6.68. The molecule has 5 nitrogen and oxygen atoms in total. The smallest absolute Gasteiger partial charge is 0.331 e. The van der Waals surface area contributed by atoms with Gasteiger partial charge in [-0.1, -0.05) is 6.92 Å². The van der Waals surface area contributed by atoms with Gasteiger partial charge in [-0.15, -0.1) is 9.42 Å². The molecule has 0 aromatic heterocycles. The first-order chi connectivity index (χ1) is 6.08. The zero-order valence-corrected chi connectivity index (χ0v) is 9.38. The SMILES string of the molecule is CCC1(O[P+](=O)O)COP(C)OC1. The summed E-state index contributed by atoms with van der Waals surface area (Å²) in [6, 6.07) is 0. The molecule has 1 rings (SSSR count). The van der Waals surface area contributed by atoms with Gasteiger partial charge in [0, 0.05) is 11.2 Å². The van der Waals surface area contributed by atoms with Crippen LogP contribution < -0.4 is 0 Å². The normalized spacial score (nSPS) is 35.9. The van der Waals surface area contributed by atoms with Crippen LogP contribution in [0.5, 0.6) is 0 Å². The van der Waals surface area contributed by atoms with E-state index in [-0.39, 0.29) is 0 Å². The minimum atomic E-state index is -2.59. The van der Waals surface area contributed by atoms with E-state index in [1.165, 1.54) is 0 Å². The van der Waals surface area contributed by atoms with Crippen LogP contribution in [0.2, 0.25) is 0 Å². The molecule has 1 N–H and O–H groups in total. The highest BCUT2D eigenvalue weighted by Crippen LogP contribution is 2.44. The van der Waals surface area contributed by atoms with E-state index in [0.29, 0.717) is 19.6 Å². The molecule has 1 fully saturated rings. The molecule has 1 atom stereocenters. The van der Waals surface area contributed by atoms with Crippen LogP contribution in [-0.4, -0.2) is 30.4 Å². The van der Waals surface area contributed by atoms with Crippen LogP contribution in [0.15, 0.2) is 0 Å². The summed E-state index contributed by atoms with van der Waals surface area (Å²) in [4.78, 5) is 8.65. The molecule has 1 unspecified atom stereocenters. The lowest BCUT2D eigenvalue weighted by atomic mass is 10.0. The van der Waals surface area contributed by atoms with Crippen molar-refractivity contribution in [3.05, 3.63) is 0 Å². The van der Waals surface area contributed by atoms with Crippen molar-refractivity contribution < 1.29 is 23.0 Å². The summed E-state index contributed by atoms with van der Waals surface area (Å²) in [5.74, 6) is 0. The molecule has 0 radical (unpaired) electrons. The molecule has 0 bridgehead atoms. The second-order valence-corrected chi connectivity index (χ2v) is 4.91. The molecule has 0 saturated carbocycles. The molecule has 1 aliphatic heterocycles. The fourth-order valence-electron chi connectivity index (χ4n) is 0.983. The van der Waals surface area contributed by atoms with Crippen molar-refractivity contribution in [3.63, 3.8) is 0 Å². The minimum Gasteiger partial charge on any atom is -0.331 e. The third-order valence-electron chi connectivity index (χ3n) is 1.93. The Hall–Kier alpha value is 0.370. The quantitative estimate of drug-likeness (QED) is 0.744. The van der Waals surface area contributed by atoms with Gasteiger partial charge in [0.2, 0.25) is 0 Å². The van der Waals surface area contributed by atoms with Crippen LogP contribution in [0.1, 0.15) is 13.3 Å². The monoisotopic (exact) mass is 227 g/mol. The lowest BCUT2D eigenvalue weighted by Crippen LogP contribution is -2.42. The van der Waals surface area contributed by atoms with Crippen LogP contribution in [-0.2, 0) is 18.1 Å².